The molecule has 2 aromatic carbocycles. The quantitative estimate of drug-likeness (QED) is 0.200. The predicted octanol–water partition coefficient (Wildman–Crippen LogP) is 4.65. The molecule has 3 aromatic heterocycles. The Balaban J connectivity index is 1.35. The van der Waals surface area contributed by atoms with Crippen molar-refractivity contribution in [2.45, 2.75) is 38.5 Å². The number of ether oxygens (including phenoxy) is 2. The molecule has 256 valence electrons. The minimum absolute atomic E-state index is 0.00561. The molecule has 1 saturated heterocycles. The van der Waals surface area contributed by atoms with Crippen molar-refractivity contribution < 1.29 is 23.4 Å². The SMILES string of the molecule is COc1nc(-c2cccc(-c3cccc(Nc4nc(C(F)F)cc5c4c(=O)n(C)c(=O)n5C)c3C)c2Cl)cnc1CNC1CCOCC1O. The van der Waals surface area contributed by atoms with Crippen LogP contribution in [0.25, 0.3) is 33.3 Å². The molecule has 0 bridgehead atoms. The number of rotatable bonds is 9. The fraction of sp³-hybridized carbons (Fsp3) is 0.324. The van der Waals surface area contributed by atoms with Crippen molar-refractivity contribution in [3.63, 3.8) is 0 Å². The van der Waals surface area contributed by atoms with E-state index in [1.807, 2.05) is 31.2 Å². The van der Waals surface area contributed by atoms with E-state index in [9.17, 15) is 23.5 Å². The number of fused-ring (bicyclic) bond motifs is 1. The smallest absolute Gasteiger partial charge is 0.330 e. The highest BCUT2D eigenvalue weighted by Gasteiger charge is 2.25. The zero-order valence-electron chi connectivity index (χ0n) is 27.1. The van der Waals surface area contributed by atoms with Gasteiger partial charge in [0.25, 0.3) is 12.0 Å². The summed E-state index contributed by atoms with van der Waals surface area (Å²) in [7, 11) is 4.23. The minimum atomic E-state index is -2.94. The van der Waals surface area contributed by atoms with Crippen LogP contribution in [0.5, 0.6) is 5.88 Å². The van der Waals surface area contributed by atoms with Gasteiger partial charge in [0, 0.05) is 50.1 Å². The molecular formula is C34H34ClF2N7O5. The van der Waals surface area contributed by atoms with Crippen LogP contribution in [0.1, 0.15) is 29.8 Å². The maximum atomic E-state index is 13.9. The van der Waals surface area contributed by atoms with E-state index < -0.39 is 29.5 Å². The van der Waals surface area contributed by atoms with Gasteiger partial charge in [-0.15, -0.1) is 0 Å². The first-order valence-corrected chi connectivity index (χ1v) is 15.8. The van der Waals surface area contributed by atoms with Gasteiger partial charge >= 0.3 is 5.69 Å². The first-order chi connectivity index (χ1) is 23.5. The molecule has 1 fully saturated rings. The van der Waals surface area contributed by atoms with E-state index in [1.54, 1.807) is 18.3 Å². The summed E-state index contributed by atoms with van der Waals surface area (Å²) in [5, 5.41) is 17.0. The summed E-state index contributed by atoms with van der Waals surface area (Å²) < 4.78 is 40.7. The molecule has 2 atom stereocenters. The first kappa shape index (κ1) is 34.1. The van der Waals surface area contributed by atoms with Crippen LogP contribution in [0, 0.1) is 6.92 Å². The van der Waals surface area contributed by atoms with E-state index in [-0.39, 0.29) is 29.4 Å². The number of pyridine rings is 1. The molecule has 3 N–H and O–H groups in total. The number of aliphatic hydroxyl groups excluding tert-OH is 1. The molecular weight excluding hydrogens is 660 g/mol. The van der Waals surface area contributed by atoms with Gasteiger partial charge in [-0.05, 0) is 36.6 Å². The molecule has 0 aliphatic carbocycles. The van der Waals surface area contributed by atoms with Crippen LogP contribution in [-0.2, 0) is 25.4 Å². The summed E-state index contributed by atoms with van der Waals surface area (Å²) >= 11 is 7.03. The van der Waals surface area contributed by atoms with Gasteiger partial charge < -0.3 is 25.2 Å². The molecule has 12 nitrogen and oxygen atoms in total. The molecule has 2 unspecified atom stereocenters. The lowest BCUT2D eigenvalue weighted by atomic mass is 9.96. The Morgan fingerprint density at radius 3 is 2.57 bits per heavy atom. The van der Waals surface area contributed by atoms with E-state index in [1.165, 1.54) is 21.2 Å². The standard InChI is InChI=1S/C34H34ClF2N7O5/c1-17-18(7-6-10-21(17)40-31-28-26(13-23(41-31)30(36)37)43(2)34(47)44(3)33(28)46)19-8-5-9-20(29(19)35)24-14-39-25(32(42-24)48-4)15-38-22-11-12-49-16-27(22)45/h5-10,13-14,22,27,30,38,45H,11-12,15-16H2,1-4H3,(H,40,41). The average molecular weight is 694 g/mol. The van der Waals surface area contributed by atoms with Gasteiger partial charge in [0.1, 0.15) is 22.6 Å². The first-order valence-electron chi connectivity index (χ1n) is 15.4. The summed E-state index contributed by atoms with van der Waals surface area (Å²) in [6.07, 6.45) is -1.28. The predicted molar refractivity (Wildman–Crippen MR) is 182 cm³/mol. The van der Waals surface area contributed by atoms with Crippen LogP contribution < -0.4 is 26.6 Å². The second-order valence-corrected chi connectivity index (χ2v) is 12.1. The third-order valence-corrected chi connectivity index (χ3v) is 9.12. The van der Waals surface area contributed by atoms with Crippen molar-refractivity contribution in [1.82, 2.24) is 29.4 Å². The molecule has 49 heavy (non-hydrogen) atoms. The van der Waals surface area contributed by atoms with E-state index >= 15 is 0 Å². The third-order valence-electron chi connectivity index (χ3n) is 8.71. The highest BCUT2D eigenvalue weighted by molar-refractivity contribution is 6.36. The zero-order valence-corrected chi connectivity index (χ0v) is 27.9. The molecule has 1 aliphatic heterocycles. The van der Waals surface area contributed by atoms with Gasteiger partial charge in [0.15, 0.2) is 0 Å². The minimum Gasteiger partial charge on any atom is -0.480 e. The second kappa shape index (κ2) is 14.0. The van der Waals surface area contributed by atoms with Crippen LogP contribution in [0.15, 0.2) is 58.3 Å². The van der Waals surface area contributed by atoms with Crippen molar-refractivity contribution in [3.05, 3.63) is 91.5 Å². The van der Waals surface area contributed by atoms with Crippen molar-refractivity contribution in [2.75, 3.05) is 25.6 Å². The van der Waals surface area contributed by atoms with Crippen molar-refractivity contribution in [2.24, 2.45) is 14.1 Å². The summed E-state index contributed by atoms with van der Waals surface area (Å²) in [5.74, 6) is 0.206. The number of anilines is 2. The van der Waals surface area contributed by atoms with Crippen LogP contribution in [-0.4, -0.2) is 61.7 Å². The topological polar surface area (TPSA) is 145 Å². The fourth-order valence-corrected chi connectivity index (χ4v) is 6.26. The molecule has 0 spiro atoms. The molecule has 4 heterocycles. The number of hydrogen-bond acceptors (Lipinski definition) is 10. The number of aromatic nitrogens is 5. The van der Waals surface area contributed by atoms with Crippen molar-refractivity contribution >= 4 is 34.0 Å². The van der Waals surface area contributed by atoms with Crippen LogP contribution in [0.4, 0.5) is 20.3 Å². The zero-order chi connectivity index (χ0) is 35.0. The Morgan fingerprint density at radius 2 is 1.84 bits per heavy atom. The number of hydrogen-bond donors (Lipinski definition) is 3. The maximum absolute atomic E-state index is 13.9. The Hall–Kier alpha value is -4.76. The molecule has 6 rings (SSSR count). The Kier molecular flexibility index (Phi) is 9.75. The third kappa shape index (κ3) is 6.52. The van der Waals surface area contributed by atoms with E-state index in [2.05, 4.69) is 25.6 Å². The maximum Gasteiger partial charge on any atom is 0.330 e. The number of nitrogens with one attached hydrogen (secondary N) is 2. The summed E-state index contributed by atoms with van der Waals surface area (Å²) in [5.41, 5.74) is 2.36. The highest BCUT2D eigenvalue weighted by atomic mass is 35.5. The molecule has 1 aliphatic rings. The molecule has 5 aromatic rings. The van der Waals surface area contributed by atoms with Gasteiger partial charge in [-0.2, -0.15) is 0 Å². The number of methoxy groups -OCH3 is 1. The van der Waals surface area contributed by atoms with E-state index in [0.29, 0.717) is 64.2 Å². The monoisotopic (exact) mass is 693 g/mol. The Labute approximate surface area is 284 Å². The number of halogens is 3. The summed E-state index contributed by atoms with van der Waals surface area (Å²) in [6, 6.07) is 11.8. The lowest BCUT2D eigenvalue weighted by Crippen LogP contribution is -2.46. The van der Waals surface area contributed by atoms with Crippen molar-refractivity contribution in [1.29, 1.82) is 0 Å². The number of benzene rings is 2. The van der Waals surface area contributed by atoms with Crippen LogP contribution in [0.3, 0.4) is 0 Å². The van der Waals surface area contributed by atoms with Gasteiger partial charge in [0.2, 0.25) is 5.88 Å². The Morgan fingerprint density at radius 1 is 1.10 bits per heavy atom. The van der Waals surface area contributed by atoms with Gasteiger partial charge in [0.05, 0.1) is 42.3 Å². The summed E-state index contributed by atoms with van der Waals surface area (Å²) in [6.45, 7) is 2.99. The molecule has 15 heteroatoms. The number of aliphatic hydroxyl groups is 1. The highest BCUT2D eigenvalue weighted by Crippen LogP contribution is 2.40. The lowest BCUT2D eigenvalue weighted by molar-refractivity contribution is -0.0281. The normalized spacial score (nSPS) is 16.3. The summed E-state index contributed by atoms with van der Waals surface area (Å²) in [4.78, 5) is 39.1. The van der Waals surface area contributed by atoms with Crippen molar-refractivity contribution in [3.8, 4) is 28.3 Å². The second-order valence-electron chi connectivity index (χ2n) is 11.7. The largest absolute Gasteiger partial charge is 0.480 e. The molecule has 0 saturated carbocycles. The number of aryl methyl sites for hydroxylation is 1. The van der Waals surface area contributed by atoms with Gasteiger partial charge in [-0.1, -0.05) is 41.9 Å². The average Bonchev–Trinajstić information content (AvgIpc) is 3.10. The van der Waals surface area contributed by atoms with Gasteiger partial charge in [-0.25, -0.2) is 23.5 Å². The Bertz CT molecular complexity index is 2170. The number of alkyl halides is 2. The molecule has 0 amide bonds. The van der Waals surface area contributed by atoms with Crippen LogP contribution in [0.2, 0.25) is 5.02 Å². The fourth-order valence-electron chi connectivity index (χ4n) is 5.94. The number of nitrogens with zero attached hydrogens (tertiary/aromatic N) is 5. The van der Waals surface area contributed by atoms with Crippen LogP contribution >= 0.6 is 11.6 Å². The van der Waals surface area contributed by atoms with E-state index in [4.69, 9.17) is 21.1 Å². The van der Waals surface area contributed by atoms with Gasteiger partial charge in [-0.3, -0.25) is 18.9 Å². The molecule has 0 radical (unpaired) electrons. The van der Waals surface area contributed by atoms with E-state index in [0.717, 1.165) is 20.8 Å². The lowest BCUT2D eigenvalue weighted by Gasteiger charge is -2.28.